The maximum absolute atomic E-state index is 10.8. The molecule has 0 fully saturated rings. The van der Waals surface area contributed by atoms with Crippen LogP contribution in [0.1, 0.15) is 304 Å². The van der Waals surface area contributed by atoms with Gasteiger partial charge in [0, 0.05) is 17.9 Å². The second kappa shape index (κ2) is 52.8. The molecule has 0 heterocycles. The molecule has 0 saturated carbocycles. The molecule has 0 saturated heterocycles. The average molecular weight is 910 g/mol. The van der Waals surface area contributed by atoms with Gasteiger partial charge in [-0.2, -0.15) is 0 Å². The van der Waals surface area contributed by atoms with Gasteiger partial charge in [0.1, 0.15) is 0 Å². The molecule has 1 atom stereocenters. The van der Waals surface area contributed by atoms with Crippen LogP contribution in [0.3, 0.4) is 0 Å². The van der Waals surface area contributed by atoms with Gasteiger partial charge in [0.2, 0.25) is 0 Å². The summed E-state index contributed by atoms with van der Waals surface area (Å²) in [6.07, 6.45) is 54.5. The van der Waals surface area contributed by atoms with Crippen molar-refractivity contribution in [2.45, 2.75) is 304 Å². The summed E-state index contributed by atoms with van der Waals surface area (Å²) in [5.41, 5.74) is 0. The predicted molar refractivity (Wildman–Crippen MR) is 279 cm³/mol. The largest absolute Gasteiger partial charge is 0.550 e. The minimum atomic E-state index is -1.31. The van der Waals surface area contributed by atoms with Crippen molar-refractivity contribution in [1.29, 1.82) is 0 Å². The Balaban J connectivity index is -0.000000889. The summed E-state index contributed by atoms with van der Waals surface area (Å²) in [5, 5.41) is 21.3. The number of carboxylic acids is 2. The average Bonchev–Trinajstić information content (AvgIpc) is 3.25. The van der Waals surface area contributed by atoms with Gasteiger partial charge in [-0.15, -0.1) is 0 Å². The van der Waals surface area contributed by atoms with Gasteiger partial charge in [-0.3, -0.25) is 0 Å². The molecule has 0 rings (SSSR count). The quantitative estimate of drug-likeness (QED) is 0.0450. The number of carbonyl (C=O) groups excluding carboxylic acids is 2. The van der Waals surface area contributed by atoms with Crippen LogP contribution in [-0.2, 0) is 9.59 Å². The van der Waals surface area contributed by atoms with Crippen molar-refractivity contribution in [3.05, 3.63) is 0 Å². The first kappa shape index (κ1) is 67.1. The number of nitrogens with zero attached hydrogens (tertiary/aromatic N) is 2. The lowest BCUT2D eigenvalue weighted by atomic mass is 9.97. The number of hydrogen-bond acceptors (Lipinski definition) is 4. The number of hydrogen-bond donors (Lipinski definition) is 0. The van der Waals surface area contributed by atoms with Gasteiger partial charge in [-0.1, -0.05) is 240 Å². The third-order valence-electron chi connectivity index (χ3n) is 13.6. The molecule has 64 heavy (non-hydrogen) atoms. The normalized spacial score (nSPS) is 12.1. The molecule has 0 spiro atoms. The topological polar surface area (TPSA) is 80.3 Å². The Kier molecular flexibility index (Phi) is 55.4. The lowest BCUT2D eigenvalue weighted by molar-refractivity contribution is -0.890. The van der Waals surface area contributed by atoms with E-state index in [0.29, 0.717) is 6.42 Å². The number of rotatable bonds is 48. The van der Waals surface area contributed by atoms with Crippen LogP contribution in [0.15, 0.2) is 0 Å². The molecule has 0 aromatic heterocycles. The van der Waals surface area contributed by atoms with Gasteiger partial charge in [-0.25, -0.2) is 0 Å². The highest BCUT2D eigenvalue weighted by Gasteiger charge is 2.15. The van der Waals surface area contributed by atoms with E-state index in [-0.39, 0.29) is 0 Å². The standard InChI is InChI=1S/C22H42O4.2C18H40N/c1-2-3-4-5-6-7-8-9-10-11-12-13-14-15-16-17-18-20(22(25)26)19-21(23)24;2*1-5-7-9-11-13-15-17-19(3,4)18-16-14-12-10-8-6-2/h20H,2-19H2,1H3,(H,23,24)(H,25,26);2*5-18H2,1-4H3/q;2*+1/p-2. The summed E-state index contributed by atoms with van der Waals surface area (Å²) in [6, 6.07) is 0. The van der Waals surface area contributed by atoms with Gasteiger partial charge < -0.3 is 28.8 Å². The first-order valence-corrected chi connectivity index (χ1v) is 28.9. The van der Waals surface area contributed by atoms with Crippen LogP contribution in [-0.4, -0.2) is 75.3 Å². The molecule has 0 aromatic rings. The van der Waals surface area contributed by atoms with Crippen molar-refractivity contribution in [2.24, 2.45) is 5.92 Å². The first-order chi connectivity index (χ1) is 30.8. The first-order valence-electron chi connectivity index (χ1n) is 28.9. The lowest BCUT2D eigenvalue weighted by Gasteiger charge is -2.30. The summed E-state index contributed by atoms with van der Waals surface area (Å²) < 4.78 is 2.48. The second-order valence-electron chi connectivity index (χ2n) is 21.5. The van der Waals surface area contributed by atoms with Crippen molar-refractivity contribution in [2.75, 3.05) is 54.4 Å². The molecule has 0 aliphatic carbocycles. The maximum atomic E-state index is 10.8. The molecule has 0 amide bonds. The molecular formula is C58H120N2O4. The zero-order chi connectivity index (χ0) is 48.3. The molecule has 1 unspecified atom stereocenters. The molecule has 386 valence electrons. The highest BCUT2D eigenvalue weighted by molar-refractivity contribution is 5.75. The van der Waals surface area contributed by atoms with Crippen molar-refractivity contribution in [1.82, 2.24) is 0 Å². The Labute approximate surface area is 403 Å². The maximum Gasteiger partial charge on any atom is 0.0782 e. The minimum Gasteiger partial charge on any atom is -0.550 e. The zero-order valence-corrected chi connectivity index (χ0v) is 45.6. The highest BCUT2D eigenvalue weighted by atomic mass is 16.4. The Bertz CT molecular complexity index is 846. The van der Waals surface area contributed by atoms with E-state index in [0.717, 1.165) is 19.3 Å². The van der Waals surface area contributed by atoms with Gasteiger partial charge in [0.15, 0.2) is 0 Å². The number of carboxylic acid groups (broad SMARTS) is 2. The Hall–Kier alpha value is -1.14. The van der Waals surface area contributed by atoms with E-state index in [9.17, 15) is 19.8 Å². The fraction of sp³-hybridized carbons (Fsp3) is 0.966. The summed E-state index contributed by atoms with van der Waals surface area (Å²) in [6.45, 7) is 16.9. The Morgan fingerprint density at radius 2 is 0.500 bits per heavy atom. The van der Waals surface area contributed by atoms with Crippen molar-refractivity contribution >= 4 is 11.9 Å². The summed E-state index contributed by atoms with van der Waals surface area (Å²) in [5.74, 6) is -3.47. The molecule has 6 nitrogen and oxygen atoms in total. The monoisotopic (exact) mass is 909 g/mol. The van der Waals surface area contributed by atoms with Gasteiger partial charge >= 0.3 is 0 Å². The third-order valence-corrected chi connectivity index (χ3v) is 13.6. The second-order valence-corrected chi connectivity index (χ2v) is 21.5. The van der Waals surface area contributed by atoms with Gasteiger partial charge in [0.25, 0.3) is 0 Å². The Morgan fingerprint density at radius 3 is 0.688 bits per heavy atom. The van der Waals surface area contributed by atoms with E-state index < -0.39 is 24.3 Å². The van der Waals surface area contributed by atoms with Crippen LogP contribution in [0.2, 0.25) is 0 Å². The minimum absolute atomic E-state index is 0.384. The molecule has 0 N–H and O–H groups in total. The number of unbranched alkanes of at least 4 members (excludes halogenated alkanes) is 35. The number of quaternary nitrogens is 2. The van der Waals surface area contributed by atoms with Crippen LogP contribution in [0.5, 0.6) is 0 Å². The van der Waals surface area contributed by atoms with E-state index in [1.807, 2.05) is 0 Å². The van der Waals surface area contributed by atoms with Crippen molar-refractivity contribution in [3.8, 4) is 0 Å². The zero-order valence-electron chi connectivity index (χ0n) is 45.6. The van der Waals surface area contributed by atoms with E-state index in [1.165, 1.54) is 273 Å². The van der Waals surface area contributed by atoms with Crippen molar-refractivity contribution < 1.29 is 28.8 Å². The van der Waals surface area contributed by atoms with Crippen LogP contribution in [0.4, 0.5) is 0 Å². The predicted octanol–water partition coefficient (Wildman–Crippen LogP) is 15.7. The summed E-state index contributed by atoms with van der Waals surface area (Å²) in [7, 11) is 9.66. The van der Waals surface area contributed by atoms with Crippen LogP contribution in [0.25, 0.3) is 0 Å². The number of aliphatic carboxylic acids is 2. The fourth-order valence-corrected chi connectivity index (χ4v) is 8.95. The van der Waals surface area contributed by atoms with Crippen molar-refractivity contribution in [3.63, 3.8) is 0 Å². The van der Waals surface area contributed by atoms with Crippen LogP contribution >= 0.6 is 0 Å². The molecule has 0 aromatic carbocycles. The van der Waals surface area contributed by atoms with Crippen LogP contribution in [0, 0.1) is 5.92 Å². The fourth-order valence-electron chi connectivity index (χ4n) is 8.95. The van der Waals surface area contributed by atoms with E-state index in [2.05, 4.69) is 62.8 Å². The summed E-state index contributed by atoms with van der Waals surface area (Å²) >= 11 is 0. The number of carbonyl (C=O) groups is 2. The van der Waals surface area contributed by atoms with E-state index in [1.54, 1.807) is 0 Å². The van der Waals surface area contributed by atoms with Crippen LogP contribution < -0.4 is 10.2 Å². The third kappa shape index (κ3) is 58.9. The molecule has 6 heteroatoms. The molecular weight excluding hydrogens is 789 g/mol. The molecule has 0 aliphatic rings. The van der Waals surface area contributed by atoms with Gasteiger partial charge in [0.05, 0.1) is 54.4 Å². The smallest absolute Gasteiger partial charge is 0.0782 e. The molecule has 0 bridgehead atoms. The SMILES string of the molecule is CCCCCCCCCCCCCCCCCCC(CC(=O)[O-])C(=O)[O-].CCCCCCCC[N+](C)(C)CCCCCCCC.CCCCCCCC[N+](C)(C)CCCCCCCC. The molecule has 0 aliphatic heterocycles. The van der Waals surface area contributed by atoms with E-state index in [4.69, 9.17) is 0 Å². The van der Waals surface area contributed by atoms with Gasteiger partial charge in [-0.05, 0) is 64.2 Å². The Morgan fingerprint density at radius 1 is 0.312 bits per heavy atom. The lowest BCUT2D eigenvalue weighted by Crippen LogP contribution is -2.41. The van der Waals surface area contributed by atoms with E-state index >= 15 is 0 Å². The molecule has 0 radical (unpaired) electrons. The summed E-state index contributed by atoms with van der Waals surface area (Å²) in [4.78, 5) is 21.3. The highest BCUT2D eigenvalue weighted by Crippen LogP contribution is 2.17.